The lowest BCUT2D eigenvalue weighted by Gasteiger charge is -2.32. The molecule has 0 saturated carbocycles. The summed E-state index contributed by atoms with van der Waals surface area (Å²) in [4.78, 5) is 31.3. The Bertz CT molecular complexity index is 909. The SMILES string of the molecule is C[C@@H](NC(=O)c1ccco1)C(=O)N1CCC(c2nc3ccccc3s2)CC1. The van der Waals surface area contributed by atoms with Crippen molar-refractivity contribution in [2.24, 2.45) is 0 Å². The van der Waals surface area contributed by atoms with E-state index in [2.05, 4.69) is 11.4 Å². The summed E-state index contributed by atoms with van der Waals surface area (Å²) in [7, 11) is 0. The number of nitrogens with one attached hydrogen (secondary N) is 1. The second-order valence-corrected chi connectivity index (χ2v) is 7.85. The van der Waals surface area contributed by atoms with E-state index in [1.165, 1.54) is 11.0 Å². The van der Waals surface area contributed by atoms with Gasteiger partial charge in [-0.25, -0.2) is 4.98 Å². The average molecular weight is 383 g/mol. The number of piperidine rings is 1. The normalized spacial score (nSPS) is 16.4. The Labute approximate surface area is 161 Å². The Morgan fingerprint density at radius 2 is 2.00 bits per heavy atom. The van der Waals surface area contributed by atoms with Crippen molar-refractivity contribution >= 4 is 33.4 Å². The van der Waals surface area contributed by atoms with E-state index in [9.17, 15) is 9.59 Å². The summed E-state index contributed by atoms with van der Waals surface area (Å²) in [5.41, 5.74) is 1.05. The molecule has 2 aromatic heterocycles. The molecule has 1 aliphatic rings. The molecule has 4 rings (SSSR count). The maximum Gasteiger partial charge on any atom is 0.287 e. The van der Waals surface area contributed by atoms with Gasteiger partial charge in [0.25, 0.3) is 5.91 Å². The van der Waals surface area contributed by atoms with E-state index in [0.29, 0.717) is 19.0 Å². The number of hydrogen-bond acceptors (Lipinski definition) is 5. The van der Waals surface area contributed by atoms with Crippen molar-refractivity contribution < 1.29 is 14.0 Å². The molecule has 2 amide bonds. The Balaban J connectivity index is 1.34. The number of rotatable bonds is 4. The van der Waals surface area contributed by atoms with Gasteiger partial charge in [-0.3, -0.25) is 9.59 Å². The summed E-state index contributed by atoms with van der Waals surface area (Å²) in [6.07, 6.45) is 3.23. The first-order valence-electron chi connectivity index (χ1n) is 9.10. The van der Waals surface area contributed by atoms with E-state index in [1.54, 1.807) is 30.4 Å². The lowest BCUT2D eigenvalue weighted by Crippen LogP contribution is -2.49. The van der Waals surface area contributed by atoms with E-state index in [-0.39, 0.29) is 17.6 Å². The molecule has 0 aliphatic carbocycles. The fourth-order valence-corrected chi connectivity index (χ4v) is 4.56. The molecule has 0 unspecified atom stereocenters. The predicted octanol–water partition coefficient (Wildman–Crippen LogP) is 3.41. The van der Waals surface area contributed by atoms with Gasteiger partial charge in [0.2, 0.25) is 5.91 Å². The molecule has 3 heterocycles. The third-order valence-electron chi connectivity index (χ3n) is 4.93. The molecule has 27 heavy (non-hydrogen) atoms. The molecule has 1 atom stereocenters. The number of aromatic nitrogens is 1. The molecule has 7 heteroatoms. The highest BCUT2D eigenvalue weighted by molar-refractivity contribution is 7.18. The minimum atomic E-state index is -0.582. The van der Waals surface area contributed by atoms with Gasteiger partial charge in [0.1, 0.15) is 6.04 Å². The Morgan fingerprint density at radius 1 is 1.22 bits per heavy atom. The van der Waals surface area contributed by atoms with Crippen molar-refractivity contribution in [1.82, 2.24) is 15.2 Å². The molecule has 0 bridgehead atoms. The number of thiazole rings is 1. The van der Waals surface area contributed by atoms with Crippen LogP contribution >= 0.6 is 11.3 Å². The number of carbonyl (C=O) groups is 2. The van der Waals surface area contributed by atoms with Gasteiger partial charge >= 0.3 is 0 Å². The van der Waals surface area contributed by atoms with E-state index >= 15 is 0 Å². The second kappa shape index (κ2) is 7.52. The second-order valence-electron chi connectivity index (χ2n) is 6.79. The molecule has 6 nitrogen and oxygen atoms in total. The predicted molar refractivity (Wildman–Crippen MR) is 104 cm³/mol. The van der Waals surface area contributed by atoms with Crippen LogP contribution in [-0.2, 0) is 4.79 Å². The molecule has 1 fully saturated rings. The minimum absolute atomic E-state index is 0.0577. The molecule has 1 aliphatic heterocycles. The number of amides is 2. The van der Waals surface area contributed by atoms with Crippen molar-refractivity contribution in [3.8, 4) is 0 Å². The molecule has 0 spiro atoms. The van der Waals surface area contributed by atoms with Crippen LogP contribution in [0, 0.1) is 0 Å². The zero-order chi connectivity index (χ0) is 18.8. The highest BCUT2D eigenvalue weighted by Crippen LogP contribution is 2.33. The van der Waals surface area contributed by atoms with Crippen LogP contribution in [0.3, 0.4) is 0 Å². The van der Waals surface area contributed by atoms with Crippen LogP contribution in [0.4, 0.5) is 0 Å². The van der Waals surface area contributed by atoms with Crippen molar-refractivity contribution in [2.75, 3.05) is 13.1 Å². The average Bonchev–Trinajstić information content (AvgIpc) is 3.37. The lowest BCUT2D eigenvalue weighted by atomic mass is 9.97. The summed E-state index contributed by atoms with van der Waals surface area (Å²) in [5, 5.41) is 3.86. The highest BCUT2D eigenvalue weighted by atomic mass is 32.1. The summed E-state index contributed by atoms with van der Waals surface area (Å²) < 4.78 is 6.28. The number of para-hydroxylation sites is 1. The minimum Gasteiger partial charge on any atom is -0.459 e. The van der Waals surface area contributed by atoms with Gasteiger partial charge < -0.3 is 14.6 Å². The number of carbonyl (C=O) groups excluding carboxylic acids is 2. The van der Waals surface area contributed by atoms with Gasteiger partial charge in [0.15, 0.2) is 5.76 Å². The number of benzene rings is 1. The van der Waals surface area contributed by atoms with Crippen LogP contribution in [0.1, 0.15) is 41.2 Å². The van der Waals surface area contributed by atoms with Gasteiger partial charge in [-0.1, -0.05) is 12.1 Å². The topological polar surface area (TPSA) is 75.4 Å². The monoisotopic (exact) mass is 383 g/mol. The van der Waals surface area contributed by atoms with Gasteiger partial charge in [0, 0.05) is 19.0 Å². The van der Waals surface area contributed by atoms with Crippen molar-refractivity contribution in [3.63, 3.8) is 0 Å². The summed E-state index contributed by atoms with van der Waals surface area (Å²) in [6, 6.07) is 10.8. The summed E-state index contributed by atoms with van der Waals surface area (Å²) in [5.74, 6) is 0.173. The smallest absolute Gasteiger partial charge is 0.287 e. The number of furan rings is 1. The Hall–Kier alpha value is -2.67. The summed E-state index contributed by atoms with van der Waals surface area (Å²) in [6.45, 7) is 3.07. The first-order valence-corrected chi connectivity index (χ1v) is 9.92. The maximum atomic E-state index is 12.7. The van der Waals surface area contributed by atoms with Crippen LogP contribution in [0.25, 0.3) is 10.2 Å². The first-order chi connectivity index (χ1) is 13.1. The quantitative estimate of drug-likeness (QED) is 0.749. The van der Waals surface area contributed by atoms with E-state index in [0.717, 1.165) is 23.4 Å². The number of hydrogen-bond donors (Lipinski definition) is 1. The fourth-order valence-electron chi connectivity index (χ4n) is 3.42. The standard InChI is InChI=1S/C20H21N3O3S/c1-13(21-18(24)16-6-4-12-26-16)20(25)23-10-8-14(9-11-23)19-22-15-5-2-3-7-17(15)27-19/h2-7,12-14H,8-11H2,1H3,(H,21,24)/t13-/m1/s1. The van der Waals surface area contributed by atoms with Crippen LogP contribution < -0.4 is 5.32 Å². The van der Waals surface area contributed by atoms with Crippen LogP contribution in [0.2, 0.25) is 0 Å². The molecular formula is C20H21N3O3S. The molecular weight excluding hydrogens is 362 g/mol. The Kier molecular flexibility index (Phi) is 4.94. The molecule has 1 saturated heterocycles. The zero-order valence-electron chi connectivity index (χ0n) is 15.1. The largest absolute Gasteiger partial charge is 0.459 e. The van der Waals surface area contributed by atoms with Crippen molar-refractivity contribution in [1.29, 1.82) is 0 Å². The van der Waals surface area contributed by atoms with E-state index in [4.69, 9.17) is 9.40 Å². The zero-order valence-corrected chi connectivity index (χ0v) is 15.9. The Morgan fingerprint density at radius 3 is 2.70 bits per heavy atom. The van der Waals surface area contributed by atoms with E-state index in [1.807, 2.05) is 23.1 Å². The highest BCUT2D eigenvalue weighted by Gasteiger charge is 2.29. The van der Waals surface area contributed by atoms with Gasteiger partial charge in [-0.15, -0.1) is 11.3 Å². The van der Waals surface area contributed by atoms with Crippen LogP contribution in [0.15, 0.2) is 47.1 Å². The maximum absolute atomic E-state index is 12.7. The number of fused-ring (bicyclic) bond motifs is 1. The van der Waals surface area contributed by atoms with Gasteiger partial charge in [-0.2, -0.15) is 0 Å². The molecule has 0 radical (unpaired) electrons. The van der Waals surface area contributed by atoms with Crippen LogP contribution in [-0.4, -0.2) is 40.8 Å². The molecule has 1 aromatic carbocycles. The molecule has 1 N–H and O–H groups in total. The van der Waals surface area contributed by atoms with Gasteiger partial charge in [-0.05, 0) is 44.0 Å². The molecule has 140 valence electrons. The first kappa shape index (κ1) is 17.7. The van der Waals surface area contributed by atoms with Crippen LogP contribution in [0.5, 0.6) is 0 Å². The van der Waals surface area contributed by atoms with Crippen molar-refractivity contribution in [2.45, 2.75) is 31.7 Å². The fraction of sp³-hybridized carbons (Fsp3) is 0.350. The third kappa shape index (κ3) is 3.73. The van der Waals surface area contributed by atoms with E-state index < -0.39 is 6.04 Å². The molecule has 3 aromatic rings. The summed E-state index contributed by atoms with van der Waals surface area (Å²) >= 11 is 1.74. The number of likely N-dealkylation sites (tertiary alicyclic amines) is 1. The number of nitrogens with zero attached hydrogens (tertiary/aromatic N) is 2. The van der Waals surface area contributed by atoms with Crippen molar-refractivity contribution in [3.05, 3.63) is 53.4 Å². The third-order valence-corrected chi connectivity index (χ3v) is 6.13. The lowest BCUT2D eigenvalue weighted by molar-refractivity contribution is -0.133. The van der Waals surface area contributed by atoms with Gasteiger partial charge in [0.05, 0.1) is 21.5 Å².